The highest BCUT2D eigenvalue weighted by molar-refractivity contribution is 5.84. The second-order valence-corrected chi connectivity index (χ2v) is 5.50. The molecule has 11 nitrogen and oxygen atoms in total. The molecule has 2 aromatic rings. The van der Waals surface area contributed by atoms with Gasteiger partial charge in [0.05, 0.1) is 23.2 Å². The van der Waals surface area contributed by atoms with Gasteiger partial charge in [0.15, 0.2) is 18.1 Å². The van der Waals surface area contributed by atoms with Crippen LogP contribution in [0.15, 0.2) is 41.5 Å². The van der Waals surface area contributed by atoms with E-state index in [0.717, 1.165) is 0 Å². The van der Waals surface area contributed by atoms with Crippen molar-refractivity contribution in [3.05, 3.63) is 67.8 Å². The third kappa shape index (κ3) is 5.24. The van der Waals surface area contributed by atoms with Gasteiger partial charge >= 0.3 is 11.4 Å². The van der Waals surface area contributed by atoms with E-state index >= 15 is 0 Å². The Hall–Kier alpha value is -4.02. The van der Waals surface area contributed by atoms with Gasteiger partial charge in [-0.3, -0.25) is 25.0 Å². The van der Waals surface area contributed by atoms with Gasteiger partial charge in [-0.15, -0.1) is 0 Å². The average Bonchev–Trinajstić information content (AvgIpc) is 2.66. The number of nitro groups is 2. The number of benzene rings is 2. The smallest absolute Gasteiger partial charge is 0.311 e. The van der Waals surface area contributed by atoms with E-state index < -0.39 is 22.4 Å². The predicted molar refractivity (Wildman–Crippen MR) is 98.7 cm³/mol. The highest BCUT2D eigenvalue weighted by Gasteiger charge is 2.16. The number of ether oxygens (including phenoxy) is 2. The number of hydrazone groups is 1. The first-order chi connectivity index (χ1) is 13.3. The minimum absolute atomic E-state index is 0.0412. The number of rotatable bonds is 8. The molecule has 2 aromatic carbocycles. The topological polar surface area (TPSA) is 146 Å². The van der Waals surface area contributed by atoms with Crippen molar-refractivity contribution in [1.29, 1.82) is 0 Å². The van der Waals surface area contributed by atoms with Crippen LogP contribution in [0.5, 0.6) is 11.5 Å². The van der Waals surface area contributed by atoms with E-state index in [0.29, 0.717) is 11.1 Å². The predicted octanol–water partition coefficient (Wildman–Crippen LogP) is 2.35. The Morgan fingerprint density at radius 3 is 2.39 bits per heavy atom. The van der Waals surface area contributed by atoms with Crippen molar-refractivity contribution >= 4 is 23.5 Å². The van der Waals surface area contributed by atoms with Gasteiger partial charge in [-0.2, -0.15) is 5.10 Å². The molecule has 0 fully saturated rings. The molecule has 1 amide bonds. The quantitative estimate of drug-likeness (QED) is 0.415. The molecule has 0 atom stereocenters. The highest BCUT2D eigenvalue weighted by atomic mass is 16.6. The largest absolute Gasteiger partial charge is 0.490 e. The molecule has 146 valence electrons. The van der Waals surface area contributed by atoms with E-state index in [1.54, 1.807) is 13.0 Å². The molecule has 0 saturated carbocycles. The van der Waals surface area contributed by atoms with Crippen LogP contribution in [-0.2, 0) is 4.79 Å². The number of hydrogen-bond donors (Lipinski definition) is 1. The molecular weight excluding hydrogens is 372 g/mol. The van der Waals surface area contributed by atoms with Crippen LogP contribution in [0.1, 0.15) is 11.1 Å². The van der Waals surface area contributed by atoms with E-state index in [-0.39, 0.29) is 22.9 Å². The van der Waals surface area contributed by atoms with Gasteiger partial charge in [0, 0.05) is 17.7 Å². The van der Waals surface area contributed by atoms with Crippen LogP contribution < -0.4 is 14.9 Å². The zero-order valence-electron chi connectivity index (χ0n) is 14.9. The normalized spacial score (nSPS) is 10.5. The van der Waals surface area contributed by atoms with Crippen LogP contribution in [-0.4, -0.2) is 35.7 Å². The molecule has 0 bridgehead atoms. The first-order valence-electron chi connectivity index (χ1n) is 7.84. The number of nitrogens with one attached hydrogen (secondary N) is 1. The van der Waals surface area contributed by atoms with E-state index in [2.05, 4.69) is 10.5 Å². The maximum absolute atomic E-state index is 11.8. The van der Waals surface area contributed by atoms with E-state index in [9.17, 15) is 25.0 Å². The molecule has 0 aliphatic heterocycles. The summed E-state index contributed by atoms with van der Waals surface area (Å²) in [5, 5.41) is 25.7. The molecule has 0 aliphatic carbocycles. The lowest BCUT2D eigenvalue weighted by Gasteiger charge is -2.06. The van der Waals surface area contributed by atoms with E-state index in [1.165, 1.54) is 43.7 Å². The summed E-state index contributed by atoms with van der Waals surface area (Å²) in [5.74, 6) is -0.603. The van der Waals surface area contributed by atoms with Crippen LogP contribution in [0.2, 0.25) is 0 Å². The minimum atomic E-state index is -0.658. The fraction of sp³-hybridized carbons (Fsp3) is 0.176. The number of methoxy groups -OCH3 is 1. The fourth-order valence-corrected chi connectivity index (χ4v) is 2.18. The lowest BCUT2D eigenvalue weighted by Crippen LogP contribution is -2.24. The number of hydrogen-bond acceptors (Lipinski definition) is 8. The average molecular weight is 388 g/mol. The zero-order chi connectivity index (χ0) is 20.7. The van der Waals surface area contributed by atoms with Crippen molar-refractivity contribution in [2.75, 3.05) is 13.7 Å². The summed E-state index contributed by atoms with van der Waals surface area (Å²) in [6.45, 7) is 1.20. The first kappa shape index (κ1) is 20.3. The molecule has 0 radical (unpaired) electrons. The number of nitrogens with zero attached hydrogens (tertiary/aromatic N) is 3. The molecule has 1 N–H and O–H groups in total. The van der Waals surface area contributed by atoms with Gasteiger partial charge in [0.25, 0.3) is 5.91 Å². The summed E-state index contributed by atoms with van der Waals surface area (Å²) in [4.78, 5) is 32.6. The van der Waals surface area contributed by atoms with E-state index in [4.69, 9.17) is 9.47 Å². The minimum Gasteiger partial charge on any atom is -0.490 e. The Labute approximate surface area is 158 Å². The van der Waals surface area contributed by atoms with Crippen molar-refractivity contribution in [2.45, 2.75) is 6.92 Å². The number of carbonyl (C=O) groups excluding carboxylic acids is 1. The van der Waals surface area contributed by atoms with Crippen molar-refractivity contribution in [3.63, 3.8) is 0 Å². The molecule has 2 rings (SSSR count). The molecule has 28 heavy (non-hydrogen) atoms. The standard InChI is InChI=1S/C17H16N4O7/c1-11-3-5-16(13(7-11)20(23)24)28-10-17(22)19-18-9-12-4-6-15(27-2)14(8-12)21(25)26/h3-9H,10H2,1-2H3,(H,19,22)/b18-9+. The third-order valence-corrected chi connectivity index (χ3v) is 3.47. The second-order valence-electron chi connectivity index (χ2n) is 5.50. The number of aryl methyl sites for hydroxylation is 1. The summed E-state index contributed by atoms with van der Waals surface area (Å²) < 4.78 is 10.1. The Balaban J connectivity index is 1.97. The maximum atomic E-state index is 11.8. The lowest BCUT2D eigenvalue weighted by atomic mass is 10.2. The Morgan fingerprint density at radius 2 is 1.75 bits per heavy atom. The fourth-order valence-electron chi connectivity index (χ4n) is 2.18. The van der Waals surface area contributed by atoms with Crippen LogP contribution in [0.25, 0.3) is 0 Å². The molecule has 11 heteroatoms. The van der Waals surface area contributed by atoms with Crippen molar-refractivity contribution in [2.24, 2.45) is 5.10 Å². The summed E-state index contributed by atoms with van der Waals surface area (Å²) in [7, 11) is 1.31. The second kappa shape index (κ2) is 9.07. The number of amides is 1. The Bertz CT molecular complexity index is 943. The number of nitro benzene ring substituents is 2. The van der Waals surface area contributed by atoms with Crippen molar-refractivity contribution < 1.29 is 24.1 Å². The van der Waals surface area contributed by atoms with Crippen LogP contribution in [0, 0.1) is 27.2 Å². The first-order valence-corrected chi connectivity index (χ1v) is 7.84. The summed E-state index contributed by atoms with van der Waals surface area (Å²) >= 11 is 0. The van der Waals surface area contributed by atoms with Gasteiger partial charge < -0.3 is 9.47 Å². The Kier molecular flexibility index (Phi) is 6.58. The molecule has 0 saturated heterocycles. The van der Waals surface area contributed by atoms with Gasteiger partial charge in [0.2, 0.25) is 0 Å². The molecule has 0 aliphatic rings. The molecule has 0 unspecified atom stereocenters. The molecule has 0 spiro atoms. The lowest BCUT2D eigenvalue weighted by molar-refractivity contribution is -0.386. The van der Waals surface area contributed by atoms with Gasteiger partial charge in [-0.1, -0.05) is 6.07 Å². The Morgan fingerprint density at radius 1 is 1.11 bits per heavy atom. The van der Waals surface area contributed by atoms with E-state index in [1.807, 2.05) is 0 Å². The summed E-state index contributed by atoms with van der Waals surface area (Å²) in [6.07, 6.45) is 1.21. The SMILES string of the molecule is COc1ccc(/C=N/NC(=O)COc2ccc(C)cc2[N+](=O)[O-])cc1[N+](=O)[O-]. The van der Waals surface area contributed by atoms with Gasteiger partial charge in [0.1, 0.15) is 0 Å². The summed E-state index contributed by atoms with van der Waals surface area (Å²) in [6, 6.07) is 8.52. The van der Waals surface area contributed by atoms with Crippen molar-refractivity contribution in [3.8, 4) is 11.5 Å². The molecule has 0 heterocycles. The van der Waals surface area contributed by atoms with Crippen LogP contribution in [0.3, 0.4) is 0 Å². The number of carbonyl (C=O) groups is 1. The van der Waals surface area contributed by atoms with Crippen LogP contribution in [0.4, 0.5) is 11.4 Å². The molecule has 0 aromatic heterocycles. The monoisotopic (exact) mass is 388 g/mol. The molecular formula is C17H16N4O7. The zero-order valence-corrected chi connectivity index (χ0v) is 14.9. The van der Waals surface area contributed by atoms with Crippen molar-refractivity contribution in [1.82, 2.24) is 5.43 Å². The maximum Gasteiger partial charge on any atom is 0.311 e. The van der Waals surface area contributed by atoms with Gasteiger partial charge in [-0.25, -0.2) is 5.43 Å². The van der Waals surface area contributed by atoms with Gasteiger partial charge in [-0.05, 0) is 30.7 Å². The highest BCUT2D eigenvalue weighted by Crippen LogP contribution is 2.28. The summed E-state index contributed by atoms with van der Waals surface area (Å²) in [5.41, 5.74) is 2.73. The third-order valence-electron chi connectivity index (χ3n) is 3.47. The van der Waals surface area contributed by atoms with Crippen LogP contribution >= 0.6 is 0 Å².